The Morgan fingerprint density at radius 1 is 1.15 bits per heavy atom. The van der Waals surface area contributed by atoms with Crippen molar-refractivity contribution in [1.82, 2.24) is 20.0 Å². The van der Waals surface area contributed by atoms with E-state index in [1.54, 1.807) is 35.0 Å². The Hall–Kier alpha value is -2.64. The summed E-state index contributed by atoms with van der Waals surface area (Å²) in [6.45, 7) is 1.88. The van der Waals surface area contributed by atoms with E-state index in [1.165, 1.54) is 7.11 Å². The summed E-state index contributed by atoms with van der Waals surface area (Å²) in [6, 6.07) is 8.71. The summed E-state index contributed by atoms with van der Waals surface area (Å²) in [6.07, 6.45) is 0.233. The molecule has 0 bridgehead atoms. The Morgan fingerprint density at radius 2 is 1.89 bits per heavy atom. The lowest BCUT2D eigenvalue weighted by Gasteiger charge is -2.25. The second-order valence-electron chi connectivity index (χ2n) is 6.13. The fourth-order valence-electron chi connectivity index (χ4n) is 3.34. The average Bonchev–Trinajstić information content (AvgIpc) is 2.98. The molecule has 1 N–H and O–H groups in total. The van der Waals surface area contributed by atoms with Gasteiger partial charge in [0.15, 0.2) is 5.82 Å². The van der Waals surface area contributed by atoms with Crippen molar-refractivity contribution >= 4 is 34.9 Å². The molecule has 27 heavy (non-hydrogen) atoms. The van der Waals surface area contributed by atoms with Crippen molar-refractivity contribution in [2.24, 2.45) is 0 Å². The van der Waals surface area contributed by atoms with Crippen LogP contribution < -0.4 is 10.1 Å². The Balaban J connectivity index is 1.88. The molecule has 0 saturated heterocycles. The molecular weight excluding hydrogens is 389 g/mol. The lowest BCUT2D eigenvalue weighted by atomic mass is 9.85. The number of nitrogens with zero attached hydrogens (tertiary/aromatic N) is 4. The first-order valence-electron chi connectivity index (χ1n) is 8.21. The van der Waals surface area contributed by atoms with Crippen LogP contribution in [0, 0.1) is 6.92 Å². The minimum absolute atomic E-state index is 0.147. The van der Waals surface area contributed by atoms with Crippen LogP contribution in [0.3, 0.4) is 0 Å². The van der Waals surface area contributed by atoms with E-state index in [0.717, 1.165) is 16.8 Å². The van der Waals surface area contributed by atoms with Gasteiger partial charge in [-0.25, -0.2) is 0 Å². The van der Waals surface area contributed by atoms with Crippen molar-refractivity contribution < 1.29 is 9.53 Å². The van der Waals surface area contributed by atoms with Crippen molar-refractivity contribution in [3.8, 4) is 11.7 Å². The maximum Gasteiger partial charge on any atom is 0.233 e. The van der Waals surface area contributed by atoms with E-state index in [9.17, 15) is 4.79 Å². The van der Waals surface area contributed by atoms with E-state index in [0.29, 0.717) is 27.6 Å². The normalized spacial score (nSPS) is 16.0. The zero-order valence-corrected chi connectivity index (χ0v) is 16.0. The molecule has 2 aromatic heterocycles. The van der Waals surface area contributed by atoms with Crippen LogP contribution in [0.25, 0.3) is 5.82 Å². The van der Waals surface area contributed by atoms with E-state index in [4.69, 9.17) is 27.9 Å². The second-order valence-corrected chi connectivity index (χ2v) is 6.95. The van der Waals surface area contributed by atoms with Crippen LogP contribution in [-0.2, 0) is 4.79 Å². The first-order chi connectivity index (χ1) is 13.0. The van der Waals surface area contributed by atoms with Crippen molar-refractivity contribution in [1.29, 1.82) is 0 Å². The molecule has 0 aliphatic carbocycles. The second kappa shape index (κ2) is 6.83. The highest BCUT2D eigenvalue weighted by molar-refractivity contribution is 6.36. The predicted octanol–water partition coefficient (Wildman–Crippen LogP) is 3.76. The number of anilines is 1. The standard InChI is InChI=1S/C18H15Cl2N5O2/c1-9-16-10(17-11(19)4-3-5-12(17)20)8-14(26)21-18(16)25(24-9)13-6-7-15(27-2)23-22-13/h3-7,10H,8H2,1-2H3,(H,21,26). The third kappa shape index (κ3) is 3.02. The summed E-state index contributed by atoms with van der Waals surface area (Å²) in [4.78, 5) is 12.4. The van der Waals surface area contributed by atoms with Gasteiger partial charge in [0, 0.05) is 34.0 Å². The number of amides is 1. The van der Waals surface area contributed by atoms with Crippen LogP contribution in [0.4, 0.5) is 5.82 Å². The SMILES string of the molecule is COc1ccc(-n2nc(C)c3c2NC(=O)CC3c2c(Cl)cccc2Cl)nn1. The third-order valence-corrected chi connectivity index (χ3v) is 5.16. The predicted molar refractivity (Wildman–Crippen MR) is 102 cm³/mol. The van der Waals surface area contributed by atoms with Gasteiger partial charge in [-0.15, -0.1) is 10.2 Å². The van der Waals surface area contributed by atoms with Crippen molar-refractivity contribution in [2.75, 3.05) is 12.4 Å². The number of benzene rings is 1. The van der Waals surface area contributed by atoms with Gasteiger partial charge in [-0.3, -0.25) is 4.79 Å². The van der Waals surface area contributed by atoms with Crippen LogP contribution in [-0.4, -0.2) is 33.0 Å². The Bertz CT molecular complexity index is 1010. The average molecular weight is 404 g/mol. The number of hydrogen-bond acceptors (Lipinski definition) is 5. The van der Waals surface area contributed by atoms with Crippen molar-refractivity contribution in [2.45, 2.75) is 19.3 Å². The molecule has 7 nitrogen and oxygen atoms in total. The van der Waals surface area contributed by atoms with Gasteiger partial charge in [0.25, 0.3) is 0 Å². The molecule has 0 radical (unpaired) electrons. The van der Waals surface area contributed by atoms with Crippen LogP contribution in [0.1, 0.15) is 29.2 Å². The zero-order chi connectivity index (χ0) is 19.1. The molecule has 3 aromatic rings. The quantitative estimate of drug-likeness (QED) is 0.719. The molecule has 1 unspecified atom stereocenters. The smallest absolute Gasteiger partial charge is 0.233 e. The summed E-state index contributed by atoms with van der Waals surface area (Å²) >= 11 is 12.8. The number of carbonyl (C=O) groups excluding carboxylic acids is 1. The van der Waals surface area contributed by atoms with Crippen LogP contribution in [0.2, 0.25) is 10.0 Å². The van der Waals surface area contributed by atoms with Crippen LogP contribution >= 0.6 is 23.2 Å². The van der Waals surface area contributed by atoms with E-state index >= 15 is 0 Å². The molecule has 1 aliphatic rings. The number of aromatic nitrogens is 4. The number of rotatable bonds is 3. The van der Waals surface area contributed by atoms with Crippen LogP contribution in [0.5, 0.6) is 5.88 Å². The number of halogens is 2. The summed E-state index contributed by atoms with van der Waals surface area (Å²) in [5, 5.41) is 16.6. The minimum Gasteiger partial charge on any atom is -0.480 e. The molecule has 1 amide bonds. The molecule has 1 atom stereocenters. The summed E-state index contributed by atoms with van der Waals surface area (Å²) in [5.74, 6) is 0.956. The number of ether oxygens (including phenoxy) is 1. The van der Waals surface area contributed by atoms with Crippen LogP contribution in [0.15, 0.2) is 30.3 Å². The summed E-state index contributed by atoms with van der Waals surface area (Å²) in [5.41, 5.74) is 2.34. The van der Waals surface area contributed by atoms with E-state index in [1.807, 2.05) is 6.92 Å². The lowest BCUT2D eigenvalue weighted by molar-refractivity contribution is -0.116. The number of aryl methyl sites for hydroxylation is 1. The number of fused-ring (bicyclic) bond motifs is 1. The van der Waals surface area contributed by atoms with E-state index in [2.05, 4.69) is 20.6 Å². The number of hydrogen-bond donors (Lipinski definition) is 1. The highest BCUT2D eigenvalue weighted by Gasteiger charge is 2.35. The Kier molecular flexibility index (Phi) is 4.49. The first-order valence-corrected chi connectivity index (χ1v) is 8.96. The molecule has 4 rings (SSSR count). The van der Waals surface area contributed by atoms with Gasteiger partial charge >= 0.3 is 0 Å². The third-order valence-electron chi connectivity index (χ3n) is 4.50. The van der Waals surface area contributed by atoms with Gasteiger partial charge in [0.2, 0.25) is 11.8 Å². The van der Waals surface area contributed by atoms with Gasteiger partial charge < -0.3 is 10.1 Å². The van der Waals surface area contributed by atoms with Crippen molar-refractivity contribution in [3.05, 3.63) is 57.2 Å². The minimum atomic E-state index is -0.296. The van der Waals surface area contributed by atoms with Gasteiger partial charge in [0.1, 0.15) is 5.82 Å². The largest absolute Gasteiger partial charge is 0.480 e. The Labute approximate surface area is 165 Å². The molecule has 3 heterocycles. The number of carbonyl (C=O) groups is 1. The Morgan fingerprint density at radius 3 is 2.52 bits per heavy atom. The molecule has 0 spiro atoms. The zero-order valence-electron chi connectivity index (χ0n) is 14.5. The lowest BCUT2D eigenvalue weighted by Crippen LogP contribution is -2.25. The summed E-state index contributed by atoms with van der Waals surface area (Å²) < 4.78 is 6.60. The fourth-order valence-corrected chi connectivity index (χ4v) is 4.00. The number of nitrogens with one attached hydrogen (secondary N) is 1. The molecule has 1 aliphatic heterocycles. The van der Waals surface area contributed by atoms with Gasteiger partial charge in [-0.2, -0.15) is 9.78 Å². The van der Waals surface area contributed by atoms with E-state index in [-0.39, 0.29) is 18.2 Å². The monoisotopic (exact) mass is 403 g/mol. The number of methoxy groups -OCH3 is 1. The van der Waals surface area contributed by atoms with E-state index < -0.39 is 0 Å². The van der Waals surface area contributed by atoms with Gasteiger partial charge in [-0.05, 0) is 30.7 Å². The van der Waals surface area contributed by atoms with Gasteiger partial charge in [-0.1, -0.05) is 29.3 Å². The topological polar surface area (TPSA) is 81.9 Å². The first kappa shape index (κ1) is 17.8. The maximum atomic E-state index is 12.4. The maximum absolute atomic E-state index is 12.4. The molecular formula is C18H15Cl2N5O2. The highest BCUT2D eigenvalue weighted by Crippen LogP contribution is 2.44. The molecule has 9 heteroatoms. The summed E-state index contributed by atoms with van der Waals surface area (Å²) in [7, 11) is 1.52. The molecule has 0 fully saturated rings. The van der Waals surface area contributed by atoms with Crippen molar-refractivity contribution in [3.63, 3.8) is 0 Å². The fraction of sp³-hybridized carbons (Fsp3) is 0.222. The molecule has 138 valence electrons. The molecule has 0 saturated carbocycles. The highest BCUT2D eigenvalue weighted by atomic mass is 35.5. The van der Waals surface area contributed by atoms with Gasteiger partial charge in [0.05, 0.1) is 12.8 Å². The molecule has 1 aromatic carbocycles.